The first-order chi connectivity index (χ1) is 10.0. The maximum Gasteiger partial charge on any atom is 0.404 e. The van der Waals surface area contributed by atoms with E-state index in [9.17, 15) is 31.1 Å². The van der Waals surface area contributed by atoms with Gasteiger partial charge < -0.3 is 10.6 Å². The molecule has 0 aliphatic carbocycles. The van der Waals surface area contributed by atoms with Crippen molar-refractivity contribution >= 4 is 17.2 Å². The second-order valence-electron chi connectivity index (χ2n) is 4.88. The van der Waals surface area contributed by atoms with Crippen molar-refractivity contribution in [3.8, 4) is 0 Å². The average molecular weight is 347 g/mol. The van der Waals surface area contributed by atoms with Crippen molar-refractivity contribution in [3.63, 3.8) is 0 Å². The van der Waals surface area contributed by atoms with E-state index in [0.29, 0.717) is 9.91 Å². The van der Waals surface area contributed by atoms with Crippen molar-refractivity contribution in [1.29, 1.82) is 0 Å². The Hall–Kier alpha value is -1.36. The first kappa shape index (κ1) is 17.0. The maximum atomic E-state index is 12.9. The number of halogens is 6. The van der Waals surface area contributed by atoms with E-state index in [1.54, 1.807) is 0 Å². The minimum absolute atomic E-state index is 0.0347. The molecule has 0 spiro atoms. The first-order valence-electron chi connectivity index (χ1n) is 6.09. The predicted octanol–water partition coefficient (Wildman–Crippen LogP) is 2.56. The molecule has 22 heavy (non-hydrogen) atoms. The van der Waals surface area contributed by atoms with Crippen LogP contribution in [0.2, 0.25) is 0 Å². The van der Waals surface area contributed by atoms with E-state index < -0.39 is 43.2 Å². The second kappa shape index (κ2) is 5.37. The van der Waals surface area contributed by atoms with Crippen LogP contribution in [0.25, 0.3) is 0 Å². The van der Waals surface area contributed by atoms with Gasteiger partial charge in [0.25, 0.3) is 5.91 Å². The van der Waals surface area contributed by atoms with E-state index in [4.69, 9.17) is 5.73 Å². The maximum absolute atomic E-state index is 12.9. The fourth-order valence-electron chi connectivity index (χ4n) is 2.27. The van der Waals surface area contributed by atoms with Crippen molar-refractivity contribution in [2.24, 2.45) is 11.1 Å². The minimum Gasteiger partial charge on any atom is -0.336 e. The summed E-state index contributed by atoms with van der Waals surface area (Å²) in [6.45, 7) is -2.05. The summed E-state index contributed by atoms with van der Waals surface area (Å²) in [7, 11) is 0. The molecule has 1 aliphatic rings. The Balaban J connectivity index is 2.25. The molecule has 1 aromatic rings. The molecular formula is C11H11F6N3OS. The number of nitrogens with two attached hydrogens (primary N) is 1. The third-order valence-electron chi connectivity index (χ3n) is 3.59. The summed E-state index contributed by atoms with van der Waals surface area (Å²) in [5, 5.41) is 1.64. The summed E-state index contributed by atoms with van der Waals surface area (Å²) < 4.78 is 77.5. The second-order valence-corrected chi connectivity index (χ2v) is 5.83. The molecule has 4 nitrogen and oxygen atoms in total. The van der Waals surface area contributed by atoms with Crippen LogP contribution in [0.15, 0.2) is 5.38 Å². The van der Waals surface area contributed by atoms with Gasteiger partial charge in [-0.15, -0.1) is 11.3 Å². The number of carbonyl (C=O) groups excluding carboxylic acids is 1. The highest BCUT2D eigenvalue weighted by atomic mass is 32.1. The van der Waals surface area contributed by atoms with E-state index in [2.05, 4.69) is 4.98 Å². The number of carbonyl (C=O) groups is 1. The van der Waals surface area contributed by atoms with Gasteiger partial charge in [-0.1, -0.05) is 0 Å². The number of likely N-dealkylation sites (tertiary alicyclic amines) is 1. The Morgan fingerprint density at radius 1 is 1.32 bits per heavy atom. The van der Waals surface area contributed by atoms with Gasteiger partial charge in [-0.05, 0) is 6.42 Å². The first-order valence-corrected chi connectivity index (χ1v) is 6.97. The van der Waals surface area contributed by atoms with Crippen LogP contribution < -0.4 is 5.73 Å². The van der Waals surface area contributed by atoms with Crippen molar-refractivity contribution in [1.82, 2.24) is 9.88 Å². The quantitative estimate of drug-likeness (QED) is 0.837. The van der Waals surface area contributed by atoms with E-state index in [1.807, 2.05) is 0 Å². The lowest BCUT2D eigenvalue weighted by atomic mass is 9.85. The third-order valence-corrected chi connectivity index (χ3v) is 4.46. The molecule has 1 saturated heterocycles. The molecule has 124 valence electrons. The van der Waals surface area contributed by atoms with Crippen LogP contribution in [0.1, 0.15) is 21.9 Å². The van der Waals surface area contributed by atoms with Crippen LogP contribution in [-0.4, -0.2) is 41.2 Å². The van der Waals surface area contributed by atoms with Gasteiger partial charge in [0.05, 0.1) is 0 Å². The normalized spacial score (nSPS) is 18.8. The van der Waals surface area contributed by atoms with E-state index in [1.165, 1.54) is 5.38 Å². The van der Waals surface area contributed by atoms with Crippen LogP contribution in [0.4, 0.5) is 26.3 Å². The van der Waals surface area contributed by atoms with Crippen LogP contribution in [-0.2, 0) is 6.54 Å². The molecule has 0 saturated carbocycles. The largest absolute Gasteiger partial charge is 0.404 e. The van der Waals surface area contributed by atoms with E-state index >= 15 is 0 Å². The molecule has 1 amide bonds. The Morgan fingerprint density at radius 2 is 1.91 bits per heavy atom. The summed E-state index contributed by atoms with van der Waals surface area (Å²) in [5.74, 6) is -0.952. The van der Waals surface area contributed by atoms with Gasteiger partial charge >= 0.3 is 12.4 Å². The molecule has 1 aromatic heterocycles. The summed E-state index contributed by atoms with van der Waals surface area (Å²) in [5.41, 5.74) is 1.22. The number of nitrogens with zero attached hydrogens (tertiary/aromatic N) is 2. The molecule has 0 aromatic carbocycles. The van der Waals surface area contributed by atoms with Gasteiger partial charge in [0.1, 0.15) is 10.7 Å². The number of hydrogen-bond acceptors (Lipinski definition) is 4. The zero-order chi connectivity index (χ0) is 16.8. The van der Waals surface area contributed by atoms with Gasteiger partial charge in [0.15, 0.2) is 5.41 Å². The number of amides is 1. The van der Waals surface area contributed by atoms with Gasteiger partial charge in [0, 0.05) is 25.0 Å². The smallest absolute Gasteiger partial charge is 0.336 e. The fraction of sp³-hybridized carbons (Fsp3) is 0.636. The van der Waals surface area contributed by atoms with Crippen LogP contribution in [0, 0.1) is 5.41 Å². The van der Waals surface area contributed by atoms with Crippen LogP contribution >= 0.6 is 11.3 Å². The molecule has 1 fully saturated rings. The lowest BCUT2D eigenvalue weighted by Gasteiger charge is -2.33. The average Bonchev–Trinajstić information content (AvgIpc) is 3.04. The zero-order valence-electron chi connectivity index (χ0n) is 11.0. The monoisotopic (exact) mass is 347 g/mol. The van der Waals surface area contributed by atoms with Crippen molar-refractivity contribution in [2.45, 2.75) is 25.3 Å². The standard InChI is InChI=1S/C11H11F6N3OS/c12-10(13,14)9(11(15,16)17)1-2-20(5-9)8(21)6-4-22-7(3-18)19-6/h4H,1-3,5,18H2. The van der Waals surface area contributed by atoms with Crippen LogP contribution in [0.3, 0.4) is 0 Å². The molecule has 2 heterocycles. The summed E-state index contributed by atoms with van der Waals surface area (Å²) in [6, 6.07) is 0. The molecule has 0 unspecified atom stereocenters. The number of rotatable bonds is 2. The van der Waals surface area contributed by atoms with Crippen LogP contribution in [0.5, 0.6) is 0 Å². The SMILES string of the molecule is NCc1nc(C(=O)N2CCC(C(F)(F)F)(C(F)(F)F)C2)cs1. The number of thiazole rings is 1. The van der Waals surface area contributed by atoms with E-state index in [-0.39, 0.29) is 12.2 Å². The lowest BCUT2D eigenvalue weighted by Crippen LogP contribution is -2.52. The molecule has 0 radical (unpaired) electrons. The number of aromatic nitrogens is 1. The van der Waals surface area contributed by atoms with Crippen molar-refractivity contribution in [2.75, 3.05) is 13.1 Å². The molecule has 0 atom stereocenters. The molecular weight excluding hydrogens is 336 g/mol. The summed E-state index contributed by atoms with van der Waals surface area (Å²) in [6.07, 6.45) is -12.2. The highest BCUT2D eigenvalue weighted by Gasteiger charge is 2.72. The Morgan fingerprint density at radius 3 is 2.32 bits per heavy atom. The molecule has 2 rings (SSSR count). The zero-order valence-corrected chi connectivity index (χ0v) is 11.8. The number of alkyl halides is 6. The molecule has 1 aliphatic heterocycles. The minimum atomic E-state index is -5.48. The Labute approximate surface area is 124 Å². The van der Waals surface area contributed by atoms with Gasteiger partial charge in [-0.2, -0.15) is 26.3 Å². The molecule has 11 heteroatoms. The third kappa shape index (κ3) is 2.67. The Bertz CT molecular complexity index is 553. The van der Waals surface area contributed by atoms with Gasteiger partial charge in [-0.25, -0.2) is 4.98 Å². The summed E-state index contributed by atoms with van der Waals surface area (Å²) in [4.78, 5) is 16.3. The Kier molecular flexibility index (Phi) is 4.15. The predicted molar refractivity (Wildman–Crippen MR) is 65.1 cm³/mol. The topological polar surface area (TPSA) is 59.2 Å². The lowest BCUT2D eigenvalue weighted by molar-refractivity contribution is -0.334. The van der Waals surface area contributed by atoms with E-state index in [0.717, 1.165) is 11.3 Å². The molecule has 0 bridgehead atoms. The highest BCUT2D eigenvalue weighted by Crippen LogP contribution is 2.55. The fourth-order valence-corrected chi connectivity index (χ4v) is 2.92. The number of hydrogen-bond donors (Lipinski definition) is 1. The van der Waals surface area contributed by atoms with Crippen molar-refractivity contribution < 1.29 is 31.1 Å². The summed E-state index contributed by atoms with van der Waals surface area (Å²) >= 11 is 1.02. The van der Waals surface area contributed by atoms with Gasteiger partial charge in [0.2, 0.25) is 0 Å². The molecule has 2 N–H and O–H groups in total. The van der Waals surface area contributed by atoms with Crippen molar-refractivity contribution in [3.05, 3.63) is 16.1 Å². The van der Waals surface area contributed by atoms with Gasteiger partial charge in [-0.3, -0.25) is 4.79 Å². The highest BCUT2D eigenvalue weighted by molar-refractivity contribution is 7.09.